The van der Waals surface area contributed by atoms with Crippen molar-refractivity contribution in [1.82, 2.24) is 9.97 Å². The molecule has 2 rings (SSSR count). The highest BCUT2D eigenvalue weighted by Gasteiger charge is 2.13. The minimum absolute atomic E-state index is 0.138. The molecule has 2 aromatic rings. The molecular weight excluding hydrogens is 276 g/mol. The molecule has 0 N–H and O–H groups in total. The molecule has 0 saturated heterocycles. The van der Waals surface area contributed by atoms with Gasteiger partial charge in [0.2, 0.25) is 5.78 Å². The van der Waals surface area contributed by atoms with Crippen LogP contribution >= 0.6 is 27.3 Å². The molecule has 76 valence electrons. The Labute approximate surface area is 99.3 Å². The van der Waals surface area contributed by atoms with E-state index in [9.17, 15) is 4.79 Å². The van der Waals surface area contributed by atoms with Crippen LogP contribution in [0.25, 0.3) is 0 Å². The Morgan fingerprint density at radius 2 is 2.13 bits per heavy atom. The summed E-state index contributed by atoms with van der Waals surface area (Å²) in [6.07, 6.45) is 0. The van der Waals surface area contributed by atoms with Gasteiger partial charge in [0.15, 0.2) is 0 Å². The van der Waals surface area contributed by atoms with Crippen molar-refractivity contribution in [3.05, 3.63) is 44.6 Å². The molecule has 0 radical (unpaired) electrons. The van der Waals surface area contributed by atoms with Gasteiger partial charge in [0.25, 0.3) is 0 Å². The van der Waals surface area contributed by atoms with Gasteiger partial charge < -0.3 is 0 Å². The topological polar surface area (TPSA) is 42.9 Å². The molecule has 0 aromatic carbocycles. The summed E-state index contributed by atoms with van der Waals surface area (Å²) in [4.78, 5) is 20.1. The number of nitrogens with zero attached hydrogens (tertiary/aromatic N) is 2. The zero-order chi connectivity index (χ0) is 10.8. The van der Waals surface area contributed by atoms with E-state index in [1.807, 2.05) is 6.92 Å². The van der Waals surface area contributed by atoms with Gasteiger partial charge in [-0.3, -0.25) is 4.79 Å². The monoisotopic (exact) mass is 282 g/mol. The molecular formula is C10H7BrN2OS. The lowest BCUT2D eigenvalue weighted by molar-refractivity contribution is 0.103. The van der Waals surface area contributed by atoms with Gasteiger partial charge in [0.1, 0.15) is 16.0 Å². The Bertz CT molecular complexity index is 510. The first-order chi connectivity index (χ1) is 7.16. The molecule has 0 bridgehead atoms. The lowest BCUT2D eigenvalue weighted by Gasteiger charge is -1.96. The van der Waals surface area contributed by atoms with E-state index in [0.717, 1.165) is 5.01 Å². The number of carbonyl (C=O) groups is 1. The number of pyridine rings is 1. The van der Waals surface area contributed by atoms with E-state index in [-0.39, 0.29) is 5.78 Å². The molecule has 0 amide bonds. The summed E-state index contributed by atoms with van der Waals surface area (Å²) in [5.41, 5.74) is 0.873. The molecule has 5 heteroatoms. The highest BCUT2D eigenvalue weighted by Crippen LogP contribution is 2.13. The normalized spacial score (nSPS) is 10.3. The molecule has 0 fully saturated rings. The van der Waals surface area contributed by atoms with E-state index in [1.54, 1.807) is 23.6 Å². The third-order valence-corrected chi connectivity index (χ3v) is 3.01. The van der Waals surface area contributed by atoms with Crippen molar-refractivity contribution < 1.29 is 4.79 Å². The molecule has 2 aromatic heterocycles. The lowest BCUT2D eigenvalue weighted by atomic mass is 10.2. The van der Waals surface area contributed by atoms with Crippen molar-refractivity contribution in [2.75, 3.05) is 0 Å². The first-order valence-electron chi connectivity index (χ1n) is 4.26. The molecule has 3 nitrogen and oxygen atoms in total. The van der Waals surface area contributed by atoms with Crippen LogP contribution in [0.5, 0.6) is 0 Å². The fourth-order valence-electron chi connectivity index (χ4n) is 1.13. The maximum absolute atomic E-state index is 11.9. The third-order valence-electron chi connectivity index (χ3n) is 1.80. The number of ketones is 1. The van der Waals surface area contributed by atoms with E-state index in [1.165, 1.54) is 11.3 Å². The molecule has 0 aliphatic heterocycles. The second-order valence-electron chi connectivity index (χ2n) is 2.93. The number of hydrogen-bond acceptors (Lipinski definition) is 4. The van der Waals surface area contributed by atoms with Crippen molar-refractivity contribution in [3.63, 3.8) is 0 Å². The minimum Gasteiger partial charge on any atom is -0.285 e. The molecule has 0 aliphatic rings. The Morgan fingerprint density at radius 1 is 1.33 bits per heavy atom. The van der Waals surface area contributed by atoms with Crippen LogP contribution in [0.15, 0.2) is 28.2 Å². The average molecular weight is 283 g/mol. The van der Waals surface area contributed by atoms with Crippen molar-refractivity contribution in [2.45, 2.75) is 6.92 Å². The van der Waals surface area contributed by atoms with E-state index in [0.29, 0.717) is 16.0 Å². The summed E-state index contributed by atoms with van der Waals surface area (Å²) in [5, 5.41) is 2.63. The van der Waals surface area contributed by atoms with Crippen LogP contribution < -0.4 is 0 Å². The summed E-state index contributed by atoms with van der Waals surface area (Å²) >= 11 is 4.69. The maximum atomic E-state index is 11.9. The molecule has 15 heavy (non-hydrogen) atoms. The van der Waals surface area contributed by atoms with Crippen LogP contribution in [0.2, 0.25) is 0 Å². The third kappa shape index (κ3) is 2.30. The van der Waals surface area contributed by atoms with Crippen LogP contribution in [0, 0.1) is 6.92 Å². The standard InChI is InChI=1S/C10H7BrN2OS/c1-6-12-8(5-15-6)10(14)7-3-2-4-9(11)13-7/h2-5H,1H3. The van der Waals surface area contributed by atoms with Crippen LogP contribution in [0.1, 0.15) is 21.2 Å². The van der Waals surface area contributed by atoms with Gasteiger partial charge >= 0.3 is 0 Å². The zero-order valence-electron chi connectivity index (χ0n) is 7.90. The summed E-state index contributed by atoms with van der Waals surface area (Å²) in [6.45, 7) is 1.87. The zero-order valence-corrected chi connectivity index (χ0v) is 10.3. The largest absolute Gasteiger partial charge is 0.285 e. The number of rotatable bonds is 2. The number of aryl methyl sites for hydroxylation is 1. The van der Waals surface area contributed by atoms with Crippen LogP contribution in [-0.4, -0.2) is 15.8 Å². The van der Waals surface area contributed by atoms with Gasteiger partial charge in [0, 0.05) is 5.38 Å². The second kappa shape index (κ2) is 4.20. The van der Waals surface area contributed by atoms with Crippen molar-refractivity contribution >= 4 is 33.0 Å². The molecule has 2 heterocycles. The lowest BCUT2D eigenvalue weighted by Crippen LogP contribution is -2.04. The van der Waals surface area contributed by atoms with Crippen LogP contribution in [0.3, 0.4) is 0 Å². The molecule has 0 saturated carbocycles. The molecule has 0 spiro atoms. The summed E-state index contributed by atoms with van der Waals surface area (Å²) in [5.74, 6) is -0.138. The number of hydrogen-bond donors (Lipinski definition) is 0. The molecule has 0 aliphatic carbocycles. The van der Waals surface area contributed by atoms with Gasteiger partial charge in [-0.15, -0.1) is 11.3 Å². The number of aromatic nitrogens is 2. The maximum Gasteiger partial charge on any atom is 0.230 e. The van der Waals surface area contributed by atoms with Gasteiger partial charge in [-0.25, -0.2) is 9.97 Å². The smallest absolute Gasteiger partial charge is 0.230 e. The van der Waals surface area contributed by atoms with Crippen molar-refractivity contribution in [3.8, 4) is 0 Å². The Hall–Kier alpha value is -1.07. The second-order valence-corrected chi connectivity index (χ2v) is 4.80. The quantitative estimate of drug-likeness (QED) is 0.628. The van der Waals surface area contributed by atoms with E-state index in [2.05, 4.69) is 25.9 Å². The summed E-state index contributed by atoms with van der Waals surface area (Å²) in [6, 6.07) is 5.24. The Kier molecular flexibility index (Phi) is 2.93. The van der Waals surface area contributed by atoms with Gasteiger partial charge in [-0.1, -0.05) is 6.07 Å². The minimum atomic E-state index is -0.138. The Balaban J connectivity index is 2.36. The van der Waals surface area contributed by atoms with Crippen LogP contribution in [0.4, 0.5) is 0 Å². The van der Waals surface area contributed by atoms with Gasteiger partial charge in [-0.2, -0.15) is 0 Å². The summed E-state index contributed by atoms with van der Waals surface area (Å²) < 4.78 is 0.653. The predicted molar refractivity (Wildman–Crippen MR) is 62.2 cm³/mol. The molecule has 0 atom stereocenters. The first kappa shape index (κ1) is 10.4. The van der Waals surface area contributed by atoms with Crippen molar-refractivity contribution in [2.24, 2.45) is 0 Å². The molecule has 0 unspecified atom stereocenters. The summed E-state index contributed by atoms with van der Waals surface area (Å²) in [7, 11) is 0. The highest BCUT2D eigenvalue weighted by atomic mass is 79.9. The number of thiazole rings is 1. The fraction of sp³-hybridized carbons (Fsp3) is 0.100. The predicted octanol–water partition coefficient (Wildman–Crippen LogP) is 2.84. The van der Waals surface area contributed by atoms with E-state index >= 15 is 0 Å². The van der Waals surface area contributed by atoms with Crippen LogP contribution in [-0.2, 0) is 0 Å². The van der Waals surface area contributed by atoms with E-state index < -0.39 is 0 Å². The Morgan fingerprint density at radius 3 is 2.73 bits per heavy atom. The van der Waals surface area contributed by atoms with Gasteiger partial charge in [-0.05, 0) is 35.0 Å². The van der Waals surface area contributed by atoms with Gasteiger partial charge in [0.05, 0.1) is 5.01 Å². The first-order valence-corrected chi connectivity index (χ1v) is 5.93. The fourth-order valence-corrected chi connectivity index (χ4v) is 2.07. The van der Waals surface area contributed by atoms with Crippen molar-refractivity contribution in [1.29, 1.82) is 0 Å². The highest BCUT2D eigenvalue weighted by molar-refractivity contribution is 9.10. The van der Waals surface area contributed by atoms with E-state index in [4.69, 9.17) is 0 Å². The average Bonchev–Trinajstić information content (AvgIpc) is 2.64. The number of halogens is 1. The number of carbonyl (C=O) groups excluding carboxylic acids is 1. The SMILES string of the molecule is Cc1nc(C(=O)c2cccc(Br)n2)cs1.